The molecule has 2 aromatic rings. The number of nitrogens with one attached hydrogen (secondary N) is 2. The molecular weight excluding hydrogens is 554 g/mol. The maximum absolute atomic E-state index is 13.0. The Hall–Kier alpha value is -4.41. The van der Waals surface area contributed by atoms with Crippen molar-refractivity contribution in [2.75, 3.05) is 64.9 Å². The van der Waals surface area contributed by atoms with Gasteiger partial charge in [-0.05, 0) is 49.5 Å². The monoisotopic (exact) mass is 595 g/mol. The number of aromatic nitrogens is 1. The maximum atomic E-state index is 13.0. The first-order chi connectivity index (χ1) is 21.4. The van der Waals surface area contributed by atoms with Gasteiger partial charge in [0.2, 0.25) is 5.91 Å². The van der Waals surface area contributed by atoms with Crippen LogP contribution in [0, 0.1) is 0 Å². The molecule has 1 atom stereocenters. The molecule has 2 N–H and O–H groups in total. The van der Waals surface area contributed by atoms with E-state index < -0.39 is 0 Å². The molecule has 1 unspecified atom stereocenters. The van der Waals surface area contributed by atoms with Crippen LogP contribution in [0.3, 0.4) is 0 Å². The summed E-state index contributed by atoms with van der Waals surface area (Å²) in [5.41, 5.74) is 4.93. The summed E-state index contributed by atoms with van der Waals surface area (Å²) in [6.45, 7) is 5.49. The lowest BCUT2D eigenvalue weighted by Gasteiger charge is -2.41. The summed E-state index contributed by atoms with van der Waals surface area (Å²) in [5.74, 6) is 1.25. The summed E-state index contributed by atoms with van der Waals surface area (Å²) < 4.78 is 5.53. The van der Waals surface area contributed by atoms with Crippen LogP contribution < -0.4 is 15.5 Å². The smallest absolute Gasteiger partial charge is 0.244 e. The van der Waals surface area contributed by atoms with Crippen LogP contribution in [-0.2, 0) is 27.2 Å². The van der Waals surface area contributed by atoms with Crippen molar-refractivity contribution in [2.45, 2.75) is 25.0 Å². The lowest BCUT2D eigenvalue weighted by Crippen LogP contribution is -2.59. The SMILES string of the molecule is CN(C)C/C=C/C(=O)NC1CN(c2ccnc(CC(=O)Cc3ccc(C4=CN5C(N6CCOCC6)=CC=CC5N4)cc3)c2)C1. The van der Waals surface area contributed by atoms with E-state index in [2.05, 4.69) is 66.9 Å². The predicted octanol–water partition coefficient (Wildman–Crippen LogP) is 2.13. The van der Waals surface area contributed by atoms with E-state index in [1.807, 2.05) is 49.3 Å². The number of likely N-dealkylation sites (N-methyl/N-ethyl adjacent to an activating group) is 1. The van der Waals surface area contributed by atoms with E-state index >= 15 is 0 Å². The van der Waals surface area contributed by atoms with Crippen LogP contribution in [0.25, 0.3) is 5.70 Å². The molecule has 6 rings (SSSR count). The second-order valence-corrected chi connectivity index (χ2v) is 11.9. The van der Waals surface area contributed by atoms with Crippen LogP contribution in [0.5, 0.6) is 0 Å². The number of hydrogen-bond acceptors (Lipinski definition) is 9. The third-order valence-corrected chi connectivity index (χ3v) is 8.19. The van der Waals surface area contributed by atoms with Gasteiger partial charge in [-0.15, -0.1) is 0 Å². The van der Waals surface area contributed by atoms with Gasteiger partial charge in [-0.1, -0.05) is 36.4 Å². The van der Waals surface area contributed by atoms with Crippen LogP contribution in [0.15, 0.2) is 85.0 Å². The molecule has 1 amide bonds. The van der Waals surface area contributed by atoms with Gasteiger partial charge in [0.15, 0.2) is 0 Å². The summed E-state index contributed by atoms with van der Waals surface area (Å²) in [5, 5.41) is 6.65. The molecule has 44 heavy (non-hydrogen) atoms. The number of benzene rings is 1. The molecule has 0 saturated carbocycles. The Balaban J connectivity index is 0.990. The molecular formula is C34H41N7O3. The number of morpholine rings is 1. The molecule has 230 valence electrons. The number of hydrogen-bond donors (Lipinski definition) is 2. The molecule has 2 fully saturated rings. The van der Waals surface area contributed by atoms with Crippen molar-refractivity contribution in [1.82, 2.24) is 30.3 Å². The van der Waals surface area contributed by atoms with Crippen molar-refractivity contribution in [2.24, 2.45) is 0 Å². The molecule has 1 aromatic heterocycles. The number of ether oxygens (including phenoxy) is 1. The summed E-state index contributed by atoms with van der Waals surface area (Å²) in [6.07, 6.45) is 14.6. The maximum Gasteiger partial charge on any atom is 0.244 e. The fourth-order valence-electron chi connectivity index (χ4n) is 5.84. The standard InChI is InChI=1S/C34H41N7O3/c1-38(2)14-4-6-33(43)36-28-22-40(23-28)29-12-13-35-27(20-29)21-30(42)19-25-8-10-26(11-9-25)31-24-41-32(37-31)5-3-7-34(41)39-15-17-44-18-16-39/h3-13,20,24,28,32,37H,14-19,21-23H2,1-2H3,(H,36,43)/b6-4+. The Kier molecular flexibility index (Phi) is 9.09. The molecule has 10 heteroatoms. The molecule has 0 radical (unpaired) electrons. The third-order valence-electron chi connectivity index (χ3n) is 8.19. The number of nitrogens with zero attached hydrogens (tertiary/aromatic N) is 5. The lowest BCUT2D eigenvalue weighted by molar-refractivity contribution is -0.118. The number of Topliss-reactive ketones (excluding diaryl/α,β-unsaturated/α-hetero) is 1. The van der Waals surface area contributed by atoms with E-state index in [-0.39, 0.29) is 30.3 Å². The zero-order chi connectivity index (χ0) is 30.5. The Bertz CT molecular complexity index is 1470. The minimum atomic E-state index is -0.0650. The molecule has 0 spiro atoms. The van der Waals surface area contributed by atoms with Crippen molar-refractivity contribution in [3.63, 3.8) is 0 Å². The fraction of sp³-hybridized carbons (Fsp3) is 0.382. The second kappa shape index (κ2) is 13.5. The van der Waals surface area contributed by atoms with Crippen LogP contribution in [0.4, 0.5) is 5.69 Å². The molecule has 0 bridgehead atoms. The van der Waals surface area contributed by atoms with E-state index in [1.54, 1.807) is 12.3 Å². The summed E-state index contributed by atoms with van der Waals surface area (Å²) in [4.78, 5) is 38.4. The van der Waals surface area contributed by atoms with Gasteiger partial charge in [0, 0.05) is 75.4 Å². The molecule has 4 aliphatic heterocycles. The largest absolute Gasteiger partial charge is 0.378 e. The quantitative estimate of drug-likeness (QED) is 0.379. The van der Waals surface area contributed by atoms with Gasteiger partial charge < -0.3 is 35.0 Å². The number of amides is 1. The third kappa shape index (κ3) is 7.20. The normalized spacial score (nSPS) is 19.9. The number of fused-ring (bicyclic) bond motifs is 1. The van der Waals surface area contributed by atoms with Gasteiger partial charge in [0.25, 0.3) is 0 Å². The zero-order valence-corrected chi connectivity index (χ0v) is 25.5. The highest BCUT2D eigenvalue weighted by molar-refractivity contribution is 5.88. The first-order valence-corrected chi connectivity index (χ1v) is 15.3. The zero-order valence-electron chi connectivity index (χ0n) is 25.5. The average Bonchev–Trinajstić information content (AvgIpc) is 3.44. The Morgan fingerprint density at radius 2 is 1.89 bits per heavy atom. The van der Waals surface area contributed by atoms with Gasteiger partial charge in [-0.25, -0.2) is 0 Å². The first-order valence-electron chi connectivity index (χ1n) is 15.3. The van der Waals surface area contributed by atoms with Gasteiger partial charge in [-0.3, -0.25) is 14.6 Å². The van der Waals surface area contributed by atoms with Crippen molar-refractivity contribution in [3.8, 4) is 0 Å². The minimum absolute atomic E-state index is 0.0650. The minimum Gasteiger partial charge on any atom is -0.378 e. The number of pyridine rings is 1. The Morgan fingerprint density at radius 1 is 1.09 bits per heavy atom. The number of allylic oxidation sites excluding steroid dienone is 2. The van der Waals surface area contributed by atoms with Gasteiger partial charge in [0.05, 0.1) is 25.0 Å². The summed E-state index contributed by atoms with van der Waals surface area (Å²) in [7, 11) is 3.93. The number of anilines is 1. The van der Waals surface area contributed by atoms with Crippen molar-refractivity contribution < 1.29 is 14.3 Å². The van der Waals surface area contributed by atoms with E-state index in [1.165, 1.54) is 5.82 Å². The highest BCUT2D eigenvalue weighted by atomic mass is 16.5. The van der Waals surface area contributed by atoms with Crippen molar-refractivity contribution in [3.05, 3.63) is 102 Å². The molecule has 10 nitrogen and oxygen atoms in total. The van der Waals surface area contributed by atoms with Crippen LogP contribution in [0.2, 0.25) is 0 Å². The highest BCUT2D eigenvalue weighted by Crippen LogP contribution is 2.29. The second-order valence-electron chi connectivity index (χ2n) is 11.9. The first kappa shape index (κ1) is 29.7. The average molecular weight is 596 g/mol. The van der Waals surface area contributed by atoms with Crippen molar-refractivity contribution >= 4 is 23.1 Å². The number of ketones is 1. The van der Waals surface area contributed by atoms with Gasteiger partial charge in [0.1, 0.15) is 17.8 Å². The lowest BCUT2D eigenvalue weighted by atomic mass is 10.0. The summed E-state index contributed by atoms with van der Waals surface area (Å²) >= 11 is 0. The van der Waals surface area contributed by atoms with Crippen LogP contribution in [0.1, 0.15) is 16.8 Å². The van der Waals surface area contributed by atoms with Crippen LogP contribution >= 0.6 is 0 Å². The highest BCUT2D eigenvalue weighted by Gasteiger charge is 2.30. The molecule has 5 heterocycles. The molecule has 2 saturated heterocycles. The number of carbonyl (C=O) groups is 2. The number of rotatable bonds is 11. The van der Waals surface area contributed by atoms with E-state index in [0.29, 0.717) is 6.42 Å². The van der Waals surface area contributed by atoms with E-state index in [4.69, 9.17) is 4.74 Å². The van der Waals surface area contributed by atoms with Crippen LogP contribution in [-0.4, -0.2) is 104 Å². The van der Waals surface area contributed by atoms with Gasteiger partial charge in [-0.2, -0.15) is 0 Å². The summed E-state index contributed by atoms with van der Waals surface area (Å²) in [6, 6.07) is 12.3. The van der Waals surface area contributed by atoms with E-state index in [0.717, 1.165) is 74.1 Å². The molecule has 0 aliphatic carbocycles. The van der Waals surface area contributed by atoms with Gasteiger partial charge >= 0.3 is 0 Å². The fourth-order valence-corrected chi connectivity index (χ4v) is 5.84. The predicted molar refractivity (Wildman–Crippen MR) is 171 cm³/mol. The number of carbonyl (C=O) groups excluding carboxylic acids is 2. The molecule has 1 aromatic carbocycles. The van der Waals surface area contributed by atoms with Crippen molar-refractivity contribution in [1.29, 1.82) is 0 Å². The Morgan fingerprint density at radius 3 is 2.66 bits per heavy atom. The topological polar surface area (TPSA) is 93.3 Å². The Labute approximate surface area is 259 Å². The van der Waals surface area contributed by atoms with E-state index in [9.17, 15) is 9.59 Å². The molecule has 4 aliphatic rings.